The molecule has 4 aromatic heterocycles. The molecule has 5 N–H and O–H groups in total. The standard InChI is InChI=1S/C53H61N11O15S3/c1-31-42(76-29-33-19-14-11-15-20-33)38(75-28-32-17-12-10-13-18-32)23-36(63(31)71)43(65)54-21-16-22-62-27-34(24-57-62)46-56-26-39(81-46)44(66)55-25-37-41(47(68)64(37)82(72,73)74)59-45(67)40(61-79-53(8,9)48(69)77-51(2,3)4)35-30-80-49(58-35)60-50(70)78-52(5,6)7/h10-15,17-20,23-24,26-27,30,37,41H,16,21-22,25,28-29H2,1-9H3,(H,54,65)(H,55,66)(H,59,67)(H,58,60,70)(H,72,73,74)/b61-40-/t37-,41+/m1/s1. The van der Waals surface area contributed by atoms with Crippen LogP contribution in [0.5, 0.6) is 11.5 Å². The Morgan fingerprint density at radius 1 is 0.878 bits per heavy atom. The van der Waals surface area contributed by atoms with E-state index in [-0.39, 0.29) is 62.7 Å². The number of hydrogen-bond acceptors (Lipinski definition) is 20. The quantitative estimate of drug-likeness (QED) is 0.00773. The number of carbonyl (C=O) groups is 6. The van der Waals surface area contributed by atoms with Crippen LogP contribution < -0.4 is 35.5 Å². The van der Waals surface area contributed by atoms with Gasteiger partial charge in [-0.1, -0.05) is 65.8 Å². The molecular formula is C53H61N11O15S3. The number of thiazole rings is 2. The summed E-state index contributed by atoms with van der Waals surface area (Å²) in [6.07, 6.45) is 3.98. The summed E-state index contributed by atoms with van der Waals surface area (Å²) in [4.78, 5) is 93.9. The van der Waals surface area contributed by atoms with Crippen LogP contribution in [0.25, 0.3) is 10.6 Å². The van der Waals surface area contributed by atoms with E-state index in [4.69, 9.17) is 23.8 Å². The molecule has 0 radical (unpaired) electrons. The first kappa shape index (κ1) is 61.1. The minimum atomic E-state index is -5.22. The van der Waals surface area contributed by atoms with Gasteiger partial charge in [-0.15, -0.1) is 22.7 Å². The van der Waals surface area contributed by atoms with Gasteiger partial charge in [0.1, 0.15) is 46.0 Å². The molecule has 2 atom stereocenters. The number of aromatic nitrogens is 5. The van der Waals surface area contributed by atoms with Crippen molar-refractivity contribution in [1.29, 1.82) is 0 Å². The number of anilines is 1. The van der Waals surface area contributed by atoms with Crippen molar-refractivity contribution in [3.63, 3.8) is 0 Å². The molecule has 0 bridgehead atoms. The molecule has 6 aromatic rings. The highest BCUT2D eigenvalue weighted by molar-refractivity contribution is 7.84. The molecule has 1 saturated heterocycles. The number of benzene rings is 2. The monoisotopic (exact) mass is 1190 g/mol. The van der Waals surface area contributed by atoms with E-state index >= 15 is 0 Å². The van der Waals surface area contributed by atoms with Gasteiger partial charge in [-0.05, 0) is 72.9 Å². The maximum Gasteiger partial charge on any atom is 0.413 e. The number of oxime groups is 1. The SMILES string of the molecule is Cc1c(OCc2ccccc2)c(OCc2ccccc2)cc(C(=O)NCCCn2cc(-c3ncc(C(=O)NC[C@@H]4[C@H](NC(=O)/C(=N\OC(C)(C)C(=O)OC(C)(C)C)c5csc(NC(=O)OC(C)(C)C)n5)C(=O)N4S(=O)(=O)O)s3)cn2)[n+]1[O-]. The maximum atomic E-state index is 14.0. The van der Waals surface area contributed by atoms with E-state index in [9.17, 15) is 46.9 Å². The Labute approximate surface area is 479 Å². The first-order chi connectivity index (χ1) is 38.6. The highest BCUT2D eigenvalue weighted by Crippen LogP contribution is 2.32. The molecule has 2 aromatic carbocycles. The van der Waals surface area contributed by atoms with Crippen LogP contribution in [-0.4, -0.2) is 120 Å². The summed E-state index contributed by atoms with van der Waals surface area (Å²) in [6.45, 7) is 14.2. The summed E-state index contributed by atoms with van der Waals surface area (Å²) < 4.78 is 59.9. The Hall–Kier alpha value is -8.54. The average Bonchev–Trinajstić information content (AvgIpc) is 2.51. The Morgan fingerprint density at radius 2 is 1.52 bits per heavy atom. The summed E-state index contributed by atoms with van der Waals surface area (Å²) in [5.41, 5.74) is -2.22. The molecule has 7 rings (SSSR count). The molecule has 82 heavy (non-hydrogen) atoms. The second-order valence-corrected chi connectivity index (χ2v) is 24.0. The lowest BCUT2D eigenvalue weighted by Gasteiger charge is -2.44. The normalized spacial score (nSPS) is 14.7. The number of nitrogens with zero attached hydrogens (tertiary/aromatic N) is 7. The largest absolute Gasteiger partial charge is 0.618 e. The second kappa shape index (κ2) is 25.5. The van der Waals surface area contributed by atoms with Gasteiger partial charge in [-0.2, -0.15) is 18.2 Å². The van der Waals surface area contributed by atoms with Gasteiger partial charge in [0.05, 0.1) is 24.5 Å². The number of pyridine rings is 1. The number of esters is 1. The summed E-state index contributed by atoms with van der Waals surface area (Å²) >= 11 is 1.81. The van der Waals surface area contributed by atoms with Crippen molar-refractivity contribution in [2.24, 2.45) is 5.16 Å². The Balaban J connectivity index is 0.969. The lowest BCUT2D eigenvalue weighted by molar-refractivity contribution is -0.615. The highest BCUT2D eigenvalue weighted by Gasteiger charge is 2.54. The zero-order valence-electron chi connectivity index (χ0n) is 46.1. The predicted molar refractivity (Wildman–Crippen MR) is 298 cm³/mol. The third-order valence-electron chi connectivity index (χ3n) is 11.5. The van der Waals surface area contributed by atoms with Crippen molar-refractivity contribution in [3.8, 4) is 22.1 Å². The van der Waals surface area contributed by atoms with Crippen LogP contribution >= 0.6 is 22.7 Å². The average molecular weight is 1190 g/mol. The van der Waals surface area contributed by atoms with Crippen LogP contribution in [-0.2, 0) is 58.8 Å². The van der Waals surface area contributed by atoms with Crippen LogP contribution in [0.15, 0.2) is 95.9 Å². The number of carbonyl (C=O) groups excluding carboxylic acids is 6. The third-order valence-corrected chi connectivity index (χ3v) is 14.3. The summed E-state index contributed by atoms with van der Waals surface area (Å²) in [7, 11) is -5.22. The van der Waals surface area contributed by atoms with Gasteiger partial charge in [0.25, 0.3) is 23.4 Å². The van der Waals surface area contributed by atoms with Gasteiger partial charge in [0.15, 0.2) is 16.6 Å². The molecule has 26 nitrogen and oxygen atoms in total. The van der Waals surface area contributed by atoms with Crippen molar-refractivity contribution >= 4 is 79.5 Å². The Bertz CT molecular complexity index is 3460. The van der Waals surface area contributed by atoms with E-state index in [2.05, 4.69) is 41.5 Å². The molecule has 0 saturated carbocycles. The third kappa shape index (κ3) is 16.1. The molecule has 1 aliphatic heterocycles. The zero-order valence-corrected chi connectivity index (χ0v) is 48.5. The summed E-state index contributed by atoms with van der Waals surface area (Å²) in [6, 6.07) is 16.9. The van der Waals surface area contributed by atoms with E-state index in [0.29, 0.717) is 28.3 Å². The van der Waals surface area contributed by atoms with Gasteiger partial charge in [0, 0.05) is 43.7 Å². The molecule has 29 heteroatoms. The molecule has 0 spiro atoms. The molecule has 436 valence electrons. The van der Waals surface area contributed by atoms with Crippen LogP contribution in [0.1, 0.15) is 104 Å². The van der Waals surface area contributed by atoms with Crippen molar-refractivity contribution < 1.29 is 70.3 Å². The van der Waals surface area contributed by atoms with Crippen LogP contribution in [0, 0.1) is 12.1 Å². The van der Waals surface area contributed by atoms with Crippen LogP contribution in [0.3, 0.4) is 0 Å². The van der Waals surface area contributed by atoms with Gasteiger partial charge in [-0.25, -0.2) is 23.9 Å². The smallest absolute Gasteiger partial charge is 0.413 e. The Morgan fingerprint density at radius 3 is 2.16 bits per heavy atom. The van der Waals surface area contributed by atoms with Crippen molar-refractivity contribution in [1.82, 2.24) is 40.0 Å². The first-order valence-electron chi connectivity index (χ1n) is 25.3. The molecule has 0 unspecified atom stereocenters. The van der Waals surface area contributed by atoms with Gasteiger partial charge in [0.2, 0.25) is 17.0 Å². The number of hydrogen-bond donors (Lipinski definition) is 5. The lowest BCUT2D eigenvalue weighted by Crippen LogP contribution is -2.74. The maximum absolute atomic E-state index is 14.0. The van der Waals surface area contributed by atoms with E-state index in [1.165, 1.54) is 37.7 Å². The molecular weight excluding hydrogens is 1130 g/mol. The number of nitrogens with one attached hydrogen (secondary N) is 4. The van der Waals surface area contributed by atoms with Crippen LogP contribution in [0.4, 0.5) is 9.93 Å². The fraction of sp³-hybridized carbons (Fsp3) is 0.377. The van der Waals surface area contributed by atoms with Gasteiger partial charge in [-0.3, -0.25) is 33.7 Å². The summed E-state index contributed by atoms with van der Waals surface area (Å²) in [5, 5.41) is 33.5. The van der Waals surface area contributed by atoms with E-state index in [1.807, 2.05) is 60.7 Å². The first-order valence-corrected chi connectivity index (χ1v) is 28.4. The highest BCUT2D eigenvalue weighted by atomic mass is 32.2. The Kier molecular flexibility index (Phi) is 19.0. The molecule has 5 amide bonds. The summed E-state index contributed by atoms with van der Waals surface area (Å²) in [5.74, 6) is -4.25. The number of aryl methyl sites for hydroxylation is 1. The van der Waals surface area contributed by atoms with Crippen molar-refractivity contribution in [2.75, 3.05) is 18.4 Å². The van der Waals surface area contributed by atoms with Gasteiger partial charge >= 0.3 is 28.3 Å². The van der Waals surface area contributed by atoms with E-state index in [1.54, 1.807) is 59.3 Å². The van der Waals surface area contributed by atoms with Crippen molar-refractivity contribution in [2.45, 2.75) is 117 Å². The fourth-order valence-electron chi connectivity index (χ4n) is 7.54. The van der Waals surface area contributed by atoms with E-state index in [0.717, 1.165) is 33.8 Å². The zero-order chi connectivity index (χ0) is 59.7. The fourth-order valence-corrected chi connectivity index (χ4v) is 9.90. The molecule has 0 aliphatic carbocycles. The van der Waals surface area contributed by atoms with Crippen LogP contribution in [0.2, 0.25) is 0 Å². The lowest BCUT2D eigenvalue weighted by atomic mass is 9.98. The number of amides is 5. The molecule has 1 aliphatic rings. The van der Waals surface area contributed by atoms with E-state index < -0.39 is 87.1 Å². The molecule has 5 heterocycles. The number of rotatable bonds is 23. The molecule has 1 fully saturated rings. The predicted octanol–water partition coefficient (Wildman–Crippen LogP) is 5.50. The van der Waals surface area contributed by atoms with Gasteiger partial charge < -0.3 is 44.9 Å². The minimum absolute atomic E-state index is 0.0478. The number of ether oxygens (including phenoxy) is 4. The second-order valence-electron chi connectivity index (χ2n) is 20.8. The number of β-lactam (4-membered cyclic amide) rings is 1. The minimum Gasteiger partial charge on any atom is -0.618 e. The van der Waals surface area contributed by atoms with Crippen molar-refractivity contribution in [3.05, 3.63) is 129 Å². The topological polar surface area (TPSA) is 337 Å².